The number of thiol groups is 1. The quantitative estimate of drug-likeness (QED) is 0.396. The van der Waals surface area contributed by atoms with E-state index in [1.807, 2.05) is 12.5 Å². The molecule has 0 aromatic heterocycles. The van der Waals surface area contributed by atoms with Gasteiger partial charge in [-0.3, -0.25) is 5.14 Å². The number of rotatable bonds is 0. The standard InChI is InChI=1S/C2H9NS/c1-4(2)3/h4H,3H2,1-2H3. The molecule has 0 bridgehead atoms. The highest BCUT2D eigenvalue weighted by atomic mass is 32.2. The van der Waals surface area contributed by atoms with Crippen molar-refractivity contribution in [2.45, 2.75) is 0 Å². The van der Waals surface area contributed by atoms with E-state index in [-0.39, 0.29) is 11.1 Å². The molecule has 0 spiro atoms. The zero-order valence-corrected chi connectivity index (χ0v) is 3.92. The highest BCUT2D eigenvalue weighted by molar-refractivity contribution is 8.13. The Morgan fingerprint density at radius 2 is 1.50 bits per heavy atom. The Hall–Kier alpha value is 0.310. The highest BCUT2D eigenvalue weighted by Crippen LogP contribution is 1.93. The van der Waals surface area contributed by atoms with Gasteiger partial charge in [0.25, 0.3) is 0 Å². The first kappa shape index (κ1) is 4.31. The molecule has 0 amide bonds. The minimum atomic E-state index is -0.120. The Morgan fingerprint density at radius 3 is 1.50 bits per heavy atom. The Balaban J connectivity index is 2.32. The van der Waals surface area contributed by atoms with Crippen LogP contribution in [0.25, 0.3) is 0 Å². The molecule has 4 heavy (non-hydrogen) atoms. The third kappa shape index (κ3) is 41.3. The van der Waals surface area contributed by atoms with Gasteiger partial charge in [0.1, 0.15) is 0 Å². The molecule has 0 aliphatic carbocycles. The fourth-order valence-corrected chi connectivity index (χ4v) is 0. The number of hydrogen-bond acceptors (Lipinski definition) is 1. The van der Waals surface area contributed by atoms with Crippen LogP contribution in [0.4, 0.5) is 0 Å². The van der Waals surface area contributed by atoms with Gasteiger partial charge in [0.2, 0.25) is 0 Å². The molecular weight excluding hydrogens is 70.1 g/mol. The van der Waals surface area contributed by atoms with E-state index in [2.05, 4.69) is 0 Å². The summed E-state index contributed by atoms with van der Waals surface area (Å²) in [5.41, 5.74) is 0. The zero-order valence-electron chi connectivity index (χ0n) is 3.02. The van der Waals surface area contributed by atoms with Crippen LogP contribution in [-0.2, 0) is 0 Å². The van der Waals surface area contributed by atoms with Gasteiger partial charge in [0.05, 0.1) is 0 Å². The lowest BCUT2D eigenvalue weighted by Gasteiger charge is -1.90. The van der Waals surface area contributed by atoms with E-state index >= 15 is 0 Å². The smallest absolute Gasteiger partial charge is 0.0257 e. The van der Waals surface area contributed by atoms with Gasteiger partial charge in [-0.05, 0) is 12.5 Å². The molecule has 0 heterocycles. The summed E-state index contributed by atoms with van der Waals surface area (Å²) in [6, 6.07) is 0. The normalized spacial score (nSPS) is 11.2. The van der Waals surface area contributed by atoms with E-state index in [0.717, 1.165) is 0 Å². The van der Waals surface area contributed by atoms with Gasteiger partial charge in [-0.15, -0.1) is 0 Å². The van der Waals surface area contributed by atoms with Gasteiger partial charge in [0, 0.05) is 0 Å². The lowest BCUT2D eigenvalue weighted by Crippen LogP contribution is -1.82. The third-order valence-electron chi connectivity index (χ3n) is 0. The second kappa shape index (κ2) is 1.61. The summed E-state index contributed by atoms with van der Waals surface area (Å²) in [6.45, 7) is 0. The van der Waals surface area contributed by atoms with Crippen molar-refractivity contribution >= 4 is 11.1 Å². The van der Waals surface area contributed by atoms with Crippen molar-refractivity contribution in [2.75, 3.05) is 12.5 Å². The van der Waals surface area contributed by atoms with E-state index in [0.29, 0.717) is 0 Å². The summed E-state index contributed by atoms with van der Waals surface area (Å²) in [7, 11) is 0. The summed E-state index contributed by atoms with van der Waals surface area (Å²) in [5, 5.41) is 5.18. The first-order chi connectivity index (χ1) is 1.73. The Labute approximate surface area is 29.7 Å². The Kier molecular flexibility index (Phi) is 1.74. The molecule has 0 aliphatic heterocycles. The Morgan fingerprint density at radius 1 is 1.50 bits per heavy atom. The van der Waals surface area contributed by atoms with Gasteiger partial charge in [0.15, 0.2) is 0 Å². The molecular formula is C2H9NS. The molecule has 0 saturated heterocycles. The van der Waals surface area contributed by atoms with Crippen LogP contribution in [0.5, 0.6) is 0 Å². The molecule has 0 radical (unpaired) electrons. The van der Waals surface area contributed by atoms with Crippen molar-refractivity contribution in [1.29, 1.82) is 0 Å². The van der Waals surface area contributed by atoms with Crippen molar-refractivity contribution in [3.63, 3.8) is 0 Å². The van der Waals surface area contributed by atoms with Crippen LogP contribution in [0, 0.1) is 0 Å². The van der Waals surface area contributed by atoms with Crippen molar-refractivity contribution in [2.24, 2.45) is 5.14 Å². The minimum absolute atomic E-state index is 0.120. The lowest BCUT2D eigenvalue weighted by molar-refractivity contribution is 1.95. The maximum Gasteiger partial charge on any atom is -0.0257 e. The maximum absolute atomic E-state index is 5.18. The topological polar surface area (TPSA) is 26.0 Å². The van der Waals surface area contributed by atoms with Crippen LogP contribution in [0.2, 0.25) is 0 Å². The summed E-state index contributed by atoms with van der Waals surface area (Å²) in [4.78, 5) is 0. The van der Waals surface area contributed by atoms with E-state index in [9.17, 15) is 0 Å². The van der Waals surface area contributed by atoms with Gasteiger partial charge >= 0.3 is 0 Å². The van der Waals surface area contributed by atoms with Crippen molar-refractivity contribution in [3.05, 3.63) is 0 Å². The fourth-order valence-electron chi connectivity index (χ4n) is 0. The molecule has 0 aliphatic rings. The number of hydrogen-bond donors (Lipinski definition) is 2. The summed E-state index contributed by atoms with van der Waals surface area (Å²) in [5.74, 6) is 0. The van der Waals surface area contributed by atoms with E-state index in [1.165, 1.54) is 0 Å². The molecule has 0 fully saturated rings. The van der Waals surface area contributed by atoms with Crippen LogP contribution in [-0.4, -0.2) is 12.5 Å². The van der Waals surface area contributed by atoms with Crippen LogP contribution < -0.4 is 5.14 Å². The van der Waals surface area contributed by atoms with Crippen LogP contribution in [0.3, 0.4) is 0 Å². The molecule has 2 heteroatoms. The first-order valence-corrected chi connectivity index (χ1v) is 3.46. The van der Waals surface area contributed by atoms with E-state index < -0.39 is 0 Å². The summed E-state index contributed by atoms with van der Waals surface area (Å²) >= 11 is -0.120. The van der Waals surface area contributed by atoms with Gasteiger partial charge < -0.3 is 0 Å². The first-order valence-electron chi connectivity index (χ1n) is 1.15. The second-order valence-electron chi connectivity index (χ2n) is 0.964. The average molecular weight is 79.2 g/mol. The predicted octanol–water partition coefficient (Wildman–Crippen LogP) is 0.121. The zero-order chi connectivity index (χ0) is 3.58. The van der Waals surface area contributed by atoms with Crippen LogP contribution >= 0.6 is 11.1 Å². The minimum Gasteiger partial charge on any atom is -0.297 e. The monoisotopic (exact) mass is 79.0 g/mol. The van der Waals surface area contributed by atoms with E-state index in [1.54, 1.807) is 0 Å². The van der Waals surface area contributed by atoms with Crippen molar-refractivity contribution < 1.29 is 0 Å². The van der Waals surface area contributed by atoms with Crippen LogP contribution in [0.15, 0.2) is 0 Å². The number of nitrogens with two attached hydrogens (primary N) is 1. The average Bonchev–Trinajstić information content (AvgIpc) is 0.811. The Bertz CT molecular complexity index is 10.8. The summed E-state index contributed by atoms with van der Waals surface area (Å²) < 4.78 is 0. The van der Waals surface area contributed by atoms with Gasteiger partial charge in [-0.2, -0.15) is 0 Å². The fraction of sp³-hybridized carbons (Fsp3) is 1.00. The molecule has 1 nitrogen and oxygen atoms in total. The second-order valence-corrected chi connectivity index (χ2v) is 2.89. The molecule has 0 saturated carbocycles. The molecule has 0 rings (SSSR count). The van der Waals surface area contributed by atoms with Gasteiger partial charge in [-0.1, -0.05) is 0 Å². The lowest BCUT2D eigenvalue weighted by atomic mass is 11.9. The van der Waals surface area contributed by atoms with Crippen molar-refractivity contribution in [3.8, 4) is 0 Å². The molecule has 0 unspecified atom stereocenters. The highest BCUT2D eigenvalue weighted by Gasteiger charge is 1.58. The molecule has 0 aromatic rings. The van der Waals surface area contributed by atoms with Gasteiger partial charge in [-0.25, -0.2) is 11.1 Å². The predicted molar refractivity (Wildman–Crippen MR) is 25.0 cm³/mol. The molecule has 0 atom stereocenters. The summed E-state index contributed by atoms with van der Waals surface area (Å²) in [6.07, 6.45) is 4.02. The molecule has 28 valence electrons. The third-order valence-corrected chi connectivity index (χ3v) is 0. The molecule has 0 aromatic carbocycles. The SMILES string of the molecule is C[SH](C)N. The molecule has 2 N–H and O–H groups in total. The van der Waals surface area contributed by atoms with E-state index in [4.69, 9.17) is 5.14 Å². The largest absolute Gasteiger partial charge is 0.297 e. The van der Waals surface area contributed by atoms with Crippen molar-refractivity contribution in [1.82, 2.24) is 0 Å². The maximum atomic E-state index is 5.18. The van der Waals surface area contributed by atoms with Crippen LogP contribution in [0.1, 0.15) is 0 Å².